The van der Waals surface area contributed by atoms with Gasteiger partial charge in [0.2, 0.25) is 0 Å². The zero-order chi connectivity index (χ0) is 28.8. The summed E-state index contributed by atoms with van der Waals surface area (Å²) in [6.45, 7) is 1.73. The van der Waals surface area contributed by atoms with Crippen LogP contribution in [0.1, 0.15) is 42.0 Å². The lowest BCUT2D eigenvalue weighted by molar-refractivity contribution is -0.136. The molecule has 0 N–H and O–H groups in total. The van der Waals surface area contributed by atoms with E-state index in [9.17, 15) is 14.4 Å². The van der Waals surface area contributed by atoms with Gasteiger partial charge in [-0.2, -0.15) is 10.2 Å². The number of fused-ring (bicyclic) bond motifs is 2. The molecule has 9 nitrogen and oxygen atoms in total. The Hall–Kier alpha value is -4.92. The number of carbonyl (C=O) groups is 3. The Labute approximate surface area is 243 Å². The maximum absolute atomic E-state index is 14.0. The third-order valence-corrected chi connectivity index (χ3v) is 8.49. The highest BCUT2D eigenvalue weighted by Crippen LogP contribution is 2.44. The van der Waals surface area contributed by atoms with E-state index in [4.69, 9.17) is 5.10 Å². The number of aryl methyl sites for hydroxylation is 1. The summed E-state index contributed by atoms with van der Waals surface area (Å²) < 4.78 is 0. The predicted molar refractivity (Wildman–Crippen MR) is 158 cm³/mol. The van der Waals surface area contributed by atoms with Crippen LogP contribution < -0.4 is 4.90 Å². The van der Waals surface area contributed by atoms with Crippen LogP contribution in [0.3, 0.4) is 0 Å². The molecule has 42 heavy (non-hydrogen) atoms. The monoisotopic (exact) mass is 558 g/mol. The van der Waals surface area contributed by atoms with Gasteiger partial charge < -0.3 is 0 Å². The second kappa shape index (κ2) is 10.5. The molecular formula is C33H30N6O3. The van der Waals surface area contributed by atoms with Crippen LogP contribution in [0.4, 0.5) is 5.69 Å². The van der Waals surface area contributed by atoms with E-state index in [-0.39, 0.29) is 24.4 Å². The molecular weight excluding hydrogens is 528 g/mol. The molecule has 7 rings (SSSR count). The summed E-state index contributed by atoms with van der Waals surface area (Å²) in [5.41, 5.74) is 5.69. The number of hydrogen-bond acceptors (Lipinski definition) is 7. The Morgan fingerprint density at radius 1 is 0.905 bits per heavy atom. The maximum Gasteiger partial charge on any atom is 0.264 e. The molecule has 3 aliphatic heterocycles. The lowest BCUT2D eigenvalue weighted by Gasteiger charge is -2.30. The van der Waals surface area contributed by atoms with Crippen molar-refractivity contribution in [1.82, 2.24) is 10.0 Å². The summed E-state index contributed by atoms with van der Waals surface area (Å²) in [5, 5.41) is 16.1. The van der Waals surface area contributed by atoms with Crippen LogP contribution in [0.5, 0.6) is 0 Å². The van der Waals surface area contributed by atoms with Crippen LogP contribution in [0.15, 0.2) is 106 Å². The van der Waals surface area contributed by atoms with Crippen molar-refractivity contribution in [2.45, 2.75) is 44.3 Å². The molecule has 4 atom stereocenters. The van der Waals surface area contributed by atoms with Crippen LogP contribution in [0, 0.1) is 12.8 Å². The molecule has 0 aromatic heterocycles. The number of rotatable bonds is 5. The van der Waals surface area contributed by atoms with E-state index in [1.807, 2.05) is 67.6 Å². The molecule has 2 fully saturated rings. The van der Waals surface area contributed by atoms with Gasteiger partial charge in [-0.3, -0.25) is 19.4 Å². The molecule has 3 aromatic rings. The topological polar surface area (TPSA) is 98.0 Å². The Bertz CT molecular complexity index is 1630. The molecule has 3 amide bonds. The summed E-state index contributed by atoms with van der Waals surface area (Å²) in [4.78, 5) is 41.8. The summed E-state index contributed by atoms with van der Waals surface area (Å²) in [6, 6.07) is 25.1. The van der Waals surface area contributed by atoms with Crippen molar-refractivity contribution >= 4 is 35.2 Å². The Morgan fingerprint density at radius 2 is 1.62 bits per heavy atom. The van der Waals surface area contributed by atoms with Crippen LogP contribution >= 0.6 is 0 Å². The lowest BCUT2D eigenvalue weighted by atomic mass is 9.77. The van der Waals surface area contributed by atoms with Gasteiger partial charge in [-0.15, -0.1) is 0 Å². The summed E-state index contributed by atoms with van der Waals surface area (Å²) >= 11 is 0. The van der Waals surface area contributed by atoms with Crippen molar-refractivity contribution in [1.29, 1.82) is 0 Å². The van der Waals surface area contributed by atoms with Gasteiger partial charge in [-0.1, -0.05) is 83.6 Å². The molecule has 1 saturated carbocycles. The molecule has 210 valence electrons. The highest BCUT2D eigenvalue weighted by Gasteiger charge is 2.55. The Balaban J connectivity index is 1.18. The fourth-order valence-electron chi connectivity index (χ4n) is 6.45. The zero-order valence-electron chi connectivity index (χ0n) is 23.2. The van der Waals surface area contributed by atoms with Crippen molar-refractivity contribution in [2.24, 2.45) is 21.4 Å². The number of allylic oxidation sites excluding steroid dienone is 1. The second-order valence-electron chi connectivity index (χ2n) is 11.2. The molecule has 3 aromatic carbocycles. The number of anilines is 1. The average Bonchev–Trinajstić information content (AvgIpc) is 3.68. The van der Waals surface area contributed by atoms with Gasteiger partial charge in [0.05, 0.1) is 17.4 Å². The van der Waals surface area contributed by atoms with E-state index in [1.54, 1.807) is 17.1 Å². The molecule has 9 heteroatoms. The Morgan fingerprint density at radius 3 is 2.36 bits per heavy atom. The van der Waals surface area contributed by atoms with Crippen molar-refractivity contribution in [3.8, 4) is 0 Å². The van der Waals surface area contributed by atoms with E-state index < -0.39 is 23.9 Å². The SMILES string of the molecule is Cc1ccc(N2C(=O)[C@@H]3[C@@H](N=NN3CC(=O)N3N=C4/C(=C\c5ccccc5)CCC[C@@H]4[C@@H]3c3ccccc3)C2=O)cc1. The quantitative estimate of drug-likeness (QED) is 0.407. The van der Waals surface area contributed by atoms with Crippen LogP contribution in [-0.4, -0.2) is 52.1 Å². The molecule has 0 bridgehead atoms. The maximum atomic E-state index is 14.0. The highest BCUT2D eigenvalue weighted by molar-refractivity contribution is 6.25. The zero-order valence-corrected chi connectivity index (χ0v) is 23.2. The number of imide groups is 1. The van der Waals surface area contributed by atoms with Crippen molar-refractivity contribution in [3.05, 3.63) is 107 Å². The van der Waals surface area contributed by atoms with Crippen molar-refractivity contribution in [3.63, 3.8) is 0 Å². The number of carbonyl (C=O) groups excluding carboxylic acids is 3. The first-order chi connectivity index (χ1) is 20.5. The first-order valence-corrected chi connectivity index (χ1v) is 14.3. The van der Waals surface area contributed by atoms with Crippen molar-refractivity contribution in [2.75, 3.05) is 11.4 Å². The van der Waals surface area contributed by atoms with Crippen LogP contribution in [0.25, 0.3) is 6.08 Å². The van der Waals surface area contributed by atoms with Gasteiger partial charge in [-0.05, 0) is 61.1 Å². The average molecular weight is 559 g/mol. The first kappa shape index (κ1) is 26.0. The molecule has 1 aliphatic carbocycles. The van der Waals surface area contributed by atoms with Crippen LogP contribution in [0.2, 0.25) is 0 Å². The third-order valence-electron chi connectivity index (χ3n) is 8.49. The fourth-order valence-corrected chi connectivity index (χ4v) is 6.45. The highest BCUT2D eigenvalue weighted by atomic mass is 16.2. The largest absolute Gasteiger partial charge is 0.271 e. The van der Waals surface area contributed by atoms with Gasteiger partial charge in [0.15, 0.2) is 12.1 Å². The van der Waals surface area contributed by atoms with Crippen LogP contribution in [-0.2, 0) is 14.4 Å². The lowest BCUT2D eigenvalue weighted by Crippen LogP contribution is -2.45. The minimum atomic E-state index is -0.968. The summed E-state index contributed by atoms with van der Waals surface area (Å²) in [5.74, 6) is -1.10. The minimum absolute atomic E-state index is 0.0553. The Kier molecular flexibility index (Phi) is 6.49. The molecule has 3 heterocycles. The van der Waals surface area contributed by atoms with Crippen molar-refractivity contribution < 1.29 is 14.4 Å². The number of amides is 3. The van der Waals surface area contributed by atoms with E-state index in [2.05, 4.69) is 28.5 Å². The van der Waals surface area contributed by atoms with E-state index in [1.165, 1.54) is 5.01 Å². The number of nitrogens with zero attached hydrogens (tertiary/aromatic N) is 6. The number of benzene rings is 3. The van der Waals surface area contributed by atoms with Gasteiger partial charge in [-0.25, -0.2) is 9.91 Å². The second-order valence-corrected chi connectivity index (χ2v) is 11.2. The third kappa shape index (κ3) is 4.41. The fraction of sp³-hybridized carbons (Fsp3) is 0.273. The van der Waals surface area contributed by atoms with E-state index >= 15 is 0 Å². The van der Waals surface area contributed by atoms with E-state index in [0.29, 0.717) is 5.69 Å². The molecule has 1 saturated heterocycles. The normalized spacial score (nSPS) is 25.7. The summed E-state index contributed by atoms with van der Waals surface area (Å²) in [7, 11) is 0. The predicted octanol–water partition coefficient (Wildman–Crippen LogP) is 5.11. The standard InChI is InChI=1S/C33H30N6O3/c1-21-15-17-25(18-16-21)38-32(41)29-31(33(38)42)37(36-34-29)20-27(40)39-30(23-11-6-3-7-12-23)26-14-8-13-24(28(26)35-39)19-22-9-4-2-5-10-22/h2-7,9-12,15-19,26,29-31H,8,13-14,20H2,1H3/b24-19-/t26-,29+,30-,31-/m0/s1. The smallest absolute Gasteiger partial charge is 0.264 e. The van der Waals surface area contributed by atoms with Gasteiger partial charge >= 0.3 is 0 Å². The van der Waals surface area contributed by atoms with Gasteiger partial charge in [0.1, 0.15) is 6.54 Å². The number of hydrogen-bond donors (Lipinski definition) is 0. The minimum Gasteiger partial charge on any atom is -0.271 e. The molecule has 0 unspecified atom stereocenters. The first-order valence-electron chi connectivity index (χ1n) is 14.3. The van der Waals surface area contributed by atoms with Gasteiger partial charge in [0.25, 0.3) is 17.7 Å². The van der Waals surface area contributed by atoms with Gasteiger partial charge in [0, 0.05) is 5.92 Å². The molecule has 4 aliphatic rings. The van der Waals surface area contributed by atoms with E-state index in [0.717, 1.165) is 52.1 Å². The molecule has 0 spiro atoms. The summed E-state index contributed by atoms with van der Waals surface area (Å²) in [6.07, 6.45) is 4.98. The number of hydrazone groups is 1. The molecule has 0 radical (unpaired) electrons.